The minimum absolute atomic E-state index is 0.00327. The fraction of sp³-hybridized carbons (Fsp3) is 0.190. The van der Waals surface area contributed by atoms with Crippen LogP contribution in [0, 0.1) is 11.8 Å². The van der Waals surface area contributed by atoms with E-state index in [-0.39, 0.29) is 17.9 Å². The number of rotatable bonds is 7. The van der Waals surface area contributed by atoms with Gasteiger partial charge in [0.15, 0.2) is 0 Å². The lowest BCUT2D eigenvalue weighted by Gasteiger charge is -2.14. The number of carboxylic acid groups (broad SMARTS) is 1. The summed E-state index contributed by atoms with van der Waals surface area (Å²) in [4.78, 5) is 14.7. The Morgan fingerprint density at radius 3 is 2.55 bits per heavy atom. The van der Waals surface area contributed by atoms with Crippen LogP contribution in [0.25, 0.3) is 10.9 Å². The highest BCUT2D eigenvalue weighted by Gasteiger charge is 2.26. The second kappa shape index (κ2) is 8.92. The molecule has 0 unspecified atom stereocenters. The molecule has 0 aliphatic rings. The third kappa shape index (κ3) is 5.03. The molecular formula is C21H20N2O5S. The average Bonchev–Trinajstić information content (AvgIpc) is 3.11. The lowest BCUT2D eigenvalue weighted by Crippen LogP contribution is -2.42. The number of aliphatic carboxylic acids is 1. The highest BCUT2D eigenvalue weighted by atomic mass is 32.2. The molecule has 3 aromatic rings. The summed E-state index contributed by atoms with van der Waals surface area (Å²) in [7, 11) is -4.03. The van der Waals surface area contributed by atoms with Crippen molar-refractivity contribution in [1.29, 1.82) is 0 Å². The summed E-state index contributed by atoms with van der Waals surface area (Å²) >= 11 is 0. The van der Waals surface area contributed by atoms with E-state index in [1.807, 2.05) is 24.3 Å². The van der Waals surface area contributed by atoms with Gasteiger partial charge in [0.1, 0.15) is 6.04 Å². The third-order valence-electron chi connectivity index (χ3n) is 4.33. The molecule has 150 valence electrons. The van der Waals surface area contributed by atoms with Crippen molar-refractivity contribution in [3.8, 4) is 11.8 Å². The Bertz CT molecular complexity index is 1170. The minimum atomic E-state index is -4.03. The zero-order valence-corrected chi connectivity index (χ0v) is 16.2. The number of para-hydroxylation sites is 1. The largest absolute Gasteiger partial charge is 0.480 e. The molecule has 1 atom stereocenters. The van der Waals surface area contributed by atoms with E-state index in [2.05, 4.69) is 21.5 Å². The number of nitrogens with one attached hydrogen (secondary N) is 2. The van der Waals surface area contributed by atoms with Crippen molar-refractivity contribution in [3.63, 3.8) is 0 Å². The van der Waals surface area contributed by atoms with Gasteiger partial charge in [0.2, 0.25) is 10.0 Å². The van der Waals surface area contributed by atoms with E-state index in [9.17, 15) is 18.3 Å². The minimum Gasteiger partial charge on any atom is -0.480 e. The van der Waals surface area contributed by atoms with E-state index in [0.717, 1.165) is 10.9 Å². The standard InChI is InChI=1S/C21H20N2O5S/c24-12-4-3-5-15-8-10-17(11-9-15)29(27,28)23-20(21(25)26)13-16-14-22-19-7-2-1-6-18(16)19/h1-2,6-11,14,20,22-24H,4,12-13H2,(H,25,26)/t20-/m1/s1. The number of hydrogen-bond donors (Lipinski definition) is 4. The van der Waals surface area contributed by atoms with E-state index >= 15 is 0 Å². The molecule has 0 fully saturated rings. The Kier molecular flexibility index (Phi) is 6.34. The van der Waals surface area contributed by atoms with Crippen LogP contribution in [0.15, 0.2) is 59.6 Å². The first-order valence-corrected chi connectivity index (χ1v) is 10.4. The van der Waals surface area contributed by atoms with Crippen LogP contribution in [0.5, 0.6) is 0 Å². The van der Waals surface area contributed by atoms with Crippen molar-refractivity contribution in [2.24, 2.45) is 0 Å². The zero-order chi connectivity index (χ0) is 20.9. The van der Waals surface area contributed by atoms with E-state index in [4.69, 9.17) is 5.11 Å². The van der Waals surface area contributed by atoms with Crippen molar-refractivity contribution in [3.05, 3.63) is 65.9 Å². The fourth-order valence-corrected chi connectivity index (χ4v) is 4.08. The van der Waals surface area contributed by atoms with Gasteiger partial charge in [-0.25, -0.2) is 8.42 Å². The molecule has 7 nitrogen and oxygen atoms in total. The Balaban J connectivity index is 1.79. The molecule has 3 rings (SSSR count). The number of aliphatic hydroxyl groups is 1. The molecule has 0 saturated heterocycles. The summed E-state index contributed by atoms with van der Waals surface area (Å²) in [6, 6.07) is 11.9. The van der Waals surface area contributed by atoms with Gasteiger partial charge in [0.25, 0.3) is 0 Å². The van der Waals surface area contributed by atoms with Crippen LogP contribution in [0.1, 0.15) is 17.5 Å². The normalized spacial score (nSPS) is 12.3. The summed E-state index contributed by atoms with van der Waals surface area (Å²) in [5.74, 6) is 4.30. The van der Waals surface area contributed by atoms with Gasteiger partial charge in [0.05, 0.1) is 11.5 Å². The SMILES string of the molecule is O=C(O)[C@@H](Cc1c[nH]c2ccccc12)NS(=O)(=O)c1ccc(C#CCCO)cc1. The van der Waals surface area contributed by atoms with Crippen molar-refractivity contribution < 1.29 is 23.4 Å². The summed E-state index contributed by atoms with van der Waals surface area (Å²) < 4.78 is 27.6. The van der Waals surface area contributed by atoms with Crippen molar-refractivity contribution in [2.45, 2.75) is 23.8 Å². The van der Waals surface area contributed by atoms with Gasteiger partial charge in [-0.1, -0.05) is 30.0 Å². The maximum Gasteiger partial charge on any atom is 0.322 e. The lowest BCUT2D eigenvalue weighted by molar-refractivity contribution is -0.138. The van der Waals surface area contributed by atoms with Gasteiger partial charge in [-0.3, -0.25) is 4.79 Å². The quantitative estimate of drug-likeness (QED) is 0.442. The number of aromatic amines is 1. The molecule has 0 spiro atoms. The number of H-pyrrole nitrogens is 1. The highest BCUT2D eigenvalue weighted by molar-refractivity contribution is 7.89. The van der Waals surface area contributed by atoms with Crippen LogP contribution < -0.4 is 4.72 Å². The number of fused-ring (bicyclic) bond motifs is 1. The highest BCUT2D eigenvalue weighted by Crippen LogP contribution is 2.20. The predicted molar refractivity (Wildman–Crippen MR) is 109 cm³/mol. The number of aliphatic hydroxyl groups excluding tert-OH is 1. The molecule has 0 bridgehead atoms. The van der Waals surface area contributed by atoms with E-state index in [1.54, 1.807) is 6.20 Å². The van der Waals surface area contributed by atoms with Gasteiger partial charge < -0.3 is 15.2 Å². The number of carbonyl (C=O) groups is 1. The Morgan fingerprint density at radius 2 is 1.86 bits per heavy atom. The number of sulfonamides is 1. The average molecular weight is 412 g/mol. The van der Waals surface area contributed by atoms with Crippen LogP contribution >= 0.6 is 0 Å². The monoisotopic (exact) mass is 412 g/mol. The maximum absolute atomic E-state index is 12.7. The molecule has 8 heteroatoms. The molecular weight excluding hydrogens is 392 g/mol. The topological polar surface area (TPSA) is 119 Å². The number of benzene rings is 2. The first kappa shape index (κ1) is 20.6. The number of aromatic nitrogens is 1. The number of hydrogen-bond acceptors (Lipinski definition) is 4. The summed E-state index contributed by atoms with van der Waals surface area (Å²) in [5, 5.41) is 19.1. The van der Waals surface area contributed by atoms with Crippen LogP contribution in [0.3, 0.4) is 0 Å². The van der Waals surface area contributed by atoms with Crippen molar-refractivity contribution in [2.75, 3.05) is 6.61 Å². The maximum atomic E-state index is 12.7. The van der Waals surface area contributed by atoms with Crippen molar-refractivity contribution >= 4 is 26.9 Å². The van der Waals surface area contributed by atoms with E-state index in [0.29, 0.717) is 17.5 Å². The second-order valence-corrected chi connectivity index (χ2v) is 8.09. The summed E-state index contributed by atoms with van der Waals surface area (Å²) in [5.41, 5.74) is 2.17. The Hall–Kier alpha value is -3.12. The van der Waals surface area contributed by atoms with Crippen LogP contribution in [-0.2, 0) is 21.2 Å². The zero-order valence-electron chi connectivity index (χ0n) is 15.4. The van der Waals surface area contributed by atoms with Gasteiger partial charge in [-0.05, 0) is 35.9 Å². The van der Waals surface area contributed by atoms with Crippen LogP contribution in [0.4, 0.5) is 0 Å². The second-order valence-electron chi connectivity index (χ2n) is 6.38. The van der Waals surface area contributed by atoms with Crippen LogP contribution in [0.2, 0.25) is 0 Å². The number of carboxylic acids is 1. The lowest BCUT2D eigenvalue weighted by atomic mass is 10.1. The summed E-state index contributed by atoms with van der Waals surface area (Å²) in [6.07, 6.45) is 2.02. The van der Waals surface area contributed by atoms with E-state index in [1.165, 1.54) is 24.3 Å². The molecule has 29 heavy (non-hydrogen) atoms. The van der Waals surface area contributed by atoms with Gasteiger partial charge in [-0.15, -0.1) is 0 Å². The molecule has 4 N–H and O–H groups in total. The molecule has 0 amide bonds. The van der Waals surface area contributed by atoms with Gasteiger partial charge in [0, 0.05) is 35.5 Å². The summed E-state index contributed by atoms with van der Waals surface area (Å²) in [6.45, 7) is -0.0452. The molecule has 1 aromatic heterocycles. The van der Waals surface area contributed by atoms with E-state index < -0.39 is 22.0 Å². The molecule has 0 aliphatic heterocycles. The molecule has 1 heterocycles. The predicted octanol–water partition coefficient (Wildman–Crippen LogP) is 1.88. The van der Waals surface area contributed by atoms with Gasteiger partial charge >= 0.3 is 5.97 Å². The molecule has 2 aromatic carbocycles. The first-order valence-electron chi connectivity index (χ1n) is 8.90. The fourth-order valence-electron chi connectivity index (χ4n) is 2.89. The first-order chi connectivity index (χ1) is 13.9. The Morgan fingerprint density at radius 1 is 1.14 bits per heavy atom. The van der Waals surface area contributed by atoms with Crippen molar-refractivity contribution in [1.82, 2.24) is 9.71 Å². The van der Waals surface area contributed by atoms with Crippen LogP contribution in [-0.4, -0.2) is 42.2 Å². The molecule has 0 radical (unpaired) electrons. The molecule has 0 aliphatic carbocycles. The third-order valence-corrected chi connectivity index (χ3v) is 5.82. The smallest absolute Gasteiger partial charge is 0.322 e. The van der Waals surface area contributed by atoms with Gasteiger partial charge in [-0.2, -0.15) is 4.72 Å². The Labute approximate surface area is 168 Å². The molecule has 0 saturated carbocycles.